The molecule has 1 aliphatic heterocycles. The second-order valence-corrected chi connectivity index (χ2v) is 12.6. The highest BCUT2D eigenvalue weighted by atomic mass is 28.3. The van der Waals surface area contributed by atoms with Crippen molar-refractivity contribution in [3.05, 3.63) is 30.3 Å². The van der Waals surface area contributed by atoms with Crippen LogP contribution in [0.4, 0.5) is 0 Å². The largest absolute Gasteiger partial charge is 0.381 e. The van der Waals surface area contributed by atoms with Gasteiger partial charge in [-0.1, -0.05) is 79.8 Å². The topological polar surface area (TPSA) is 9.23 Å². The van der Waals surface area contributed by atoms with E-state index in [0.29, 0.717) is 6.10 Å². The number of ether oxygens (including phenoxy) is 1. The molecule has 2 fully saturated rings. The van der Waals surface area contributed by atoms with Gasteiger partial charge >= 0.3 is 0 Å². The molecule has 1 aromatic rings. The fraction of sp³-hybridized carbons (Fsp3) is 0.714. The van der Waals surface area contributed by atoms with Crippen molar-refractivity contribution >= 4 is 13.3 Å². The first-order valence-electron chi connectivity index (χ1n) is 9.86. The van der Waals surface area contributed by atoms with Gasteiger partial charge in [-0.15, -0.1) is 0 Å². The Morgan fingerprint density at radius 1 is 0.913 bits per heavy atom. The molecule has 0 amide bonds. The molecule has 1 saturated heterocycles. The van der Waals surface area contributed by atoms with Crippen LogP contribution >= 0.6 is 0 Å². The predicted molar refractivity (Wildman–Crippen MR) is 102 cm³/mol. The summed E-state index contributed by atoms with van der Waals surface area (Å²) in [5, 5.41) is 1.74. The van der Waals surface area contributed by atoms with E-state index < -0.39 is 8.07 Å². The summed E-state index contributed by atoms with van der Waals surface area (Å²) in [4.78, 5) is 0. The number of methoxy groups -OCH3 is 1. The van der Waals surface area contributed by atoms with Crippen molar-refractivity contribution in [1.82, 2.24) is 0 Å². The van der Waals surface area contributed by atoms with Crippen LogP contribution in [0.5, 0.6) is 0 Å². The van der Waals surface area contributed by atoms with Gasteiger partial charge in [-0.3, -0.25) is 0 Å². The summed E-state index contributed by atoms with van der Waals surface area (Å²) in [5.41, 5.74) is 0. The maximum Gasteiger partial charge on any atom is 0.0867 e. The van der Waals surface area contributed by atoms with E-state index in [2.05, 4.69) is 37.3 Å². The maximum atomic E-state index is 5.56. The van der Waals surface area contributed by atoms with Crippen molar-refractivity contribution < 1.29 is 4.74 Å². The van der Waals surface area contributed by atoms with Gasteiger partial charge in [0.1, 0.15) is 0 Å². The number of hydrogen-bond donors (Lipinski definition) is 0. The molecule has 3 rings (SSSR count). The third-order valence-corrected chi connectivity index (χ3v) is 12.3. The zero-order valence-corrected chi connectivity index (χ0v) is 16.1. The molecule has 1 saturated carbocycles. The maximum absolute atomic E-state index is 5.56. The van der Waals surface area contributed by atoms with Crippen LogP contribution in [0.3, 0.4) is 0 Å². The molecule has 0 spiro atoms. The Hall–Kier alpha value is -0.603. The van der Waals surface area contributed by atoms with Gasteiger partial charge in [0, 0.05) is 7.11 Å². The fourth-order valence-corrected chi connectivity index (χ4v) is 10.7. The van der Waals surface area contributed by atoms with E-state index >= 15 is 0 Å². The van der Waals surface area contributed by atoms with Crippen molar-refractivity contribution in [1.29, 1.82) is 0 Å². The Kier molecular flexibility index (Phi) is 5.98. The van der Waals surface area contributed by atoms with Crippen LogP contribution in [0.2, 0.25) is 18.1 Å². The van der Waals surface area contributed by atoms with Gasteiger partial charge in [0.15, 0.2) is 0 Å². The summed E-state index contributed by atoms with van der Waals surface area (Å²) in [5.74, 6) is 2.00. The van der Waals surface area contributed by atoms with Crippen LogP contribution in [0.25, 0.3) is 0 Å². The summed E-state index contributed by atoms with van der Waals surface area (Å²) < 4.78 is 5.56. The molecule has 0 radical (unpaired) electrons. The Bertz CT molecular complexity index is 456. The molecule has 2 heteroatoms. The molecule has 23 heavy (non-hydrogen) atoms. The van der Waals surface area contributed by atoms with E-state index in [-0.39, 0.29) is 0 Å². The van der Waals surface area contributed by atoms with Crippen molar-refractivity contribution in [2.45, 2.75) is 76.1 Å². The van der Waals surface area contributed by atoms with E-state index in [1.54, 1.807) is 17.3 Å². The van der Waals surface area contributed by atoms with Crippen molar-refractivity contribution in [3.63, 3.8) is 0 Å². The van der Waals surface area contributed by atoms with Crippen molar-refractivity contribution in [2.75, 3.05) is 7.11 Å². The Morgan fingerprint density at radius 3 is 2.09 bits per heavy atom. The van der Waals surface area contributed by atoms with Gasteiger partial charge in [-0.2, -0.15) is 0 Å². The van der Waals surface area contributed by atoms with Crippen LogP contribution in [0.1, 0.15) is 51.9 Å². The highest BCUT2D eigenvalue weighted by molar-refractivity contribution is 6.92. The minimum atomic E-state index is -1.21. The average molecular weight is 331 g/mol. The van der Waals surface area contributed by atoms with Gasteiger partial charge in [0.2, 0.25) is 0 Å². The molecule has 0 aromatic heterocycles. The first-order valence-corrected chi connectivity index (χ1v) is 12.5. The number of benzene rings is 1. The molecule has 1 aromatic carbocycles. The first kappa shape index (κ1) is 17.2. The van der Waals surface area contributed by atoms with Crippen LogP contribution in [-0.2, 0) is 4.74 Å². The van der Waals surface area contributed by atoms with Gasteiger partial charge in [-0.05, 0) is 37.5 Å². The summed E-state index contributed by atoms with van der Waals surface area (Å²) in [6, 6.07) is 16.2. The van der Waals surface area contributed by atoms with Crippen LogP contribution in [-0.4, -0.2) is 21.3 Å². The Labute approximate surface area is 143 Å². The Balaban J connectivity index is 1.62. The lowest BCUT2D eigenvalue weighted by molar-refractivity contribution is 0.0448. The normalized spacial score (nSPS) is 35.1. The smallest absolute Gasteiger partial charge is 0.0867 e. The second kappa shape index (κ2) is 7.98. The van der Waals surface area contributed by atoms with Crippen LogP contribution in [0.15, 0.2) is 30.3 Å². The number of rotatable bonds is 5. The first-order chi connectivity index (χ1) is 11.3. The fourth-order valence-electron chi connectivity index (χ4n) is 5.41. The van der Waals surface area contributed by atoms with Crippen molar-refractivity contribution in [2.24, 2.45) is 11.8 Å². The molecule has 1 nitrogen and oxygen atoms in total. The summed E-state index contributed by atoms with van der Waals surface area (Å²) >= 11 is 0. The van der Waals surface area contributed by atoms with E-state index in [1.807, 2.05) is 7.11 Å². The molecule has 128 valence electrons. The molecular formula is C21H34OSi. The second-order valence-electron chi connectivity index (χ2n) is 8.01. The van der Waals surface area contributed by atoms with E-state index in [9.17, 15) is 0 Å². The lowest BCUT2D eigenvalue weighted by Gasteiger charge is -2.43. The third kappa shape index (κ3) is 3.91. The lowest BCUT2D eigenvalue weighted by Crippen LogP contribution is -2.50. The van der Waals surface area contributed by atoms with Crippen LogP contribution < -0.4 is 5.19 Å². The molecule has 0 N–H and O–H groups in total. The van der Waals surface area contributed by atoms with Crippen molar-refractivity contribution in [3.8, 4) is 0 Å². The third-order valence-electron chi connectivity index (χ3n) is 6.82. The molecule has 2 aliphatic rings. The summed E-state index contributed by atoms with van der Waals surface area (Å²) in [6.45, 7) is 2.38. The summed E-state index contributed by atoms with van der Waals surface area (Å²) in [7, 11) is 0.676. The highest BCUT2D eigenvalue weighted by Gasteiger charge is 2.40. The SMILES string of the molecule is CCC[Si]1(c2ccccc2)CCC([C@H]2CC[C@H](OC)CC2)CC1. The zero-order chi connectivity index (χ0) is 16.1. The van der Waals surface area contributed by atoms with E-state index in [4.69, 9.17) is 4.74 Å². The minimum absolute atomic E-state index is 0.549. The minimum Gasteiger partial charge on any atom is -0.381 e. The van der Waals surface area contributed by atoms with Gasteiger partial charge < -0.3 is 4.74 Å². The van der Waals surface area contributed by atoms with Crippen LogP contribution in [0, 0.1) is 11.8 Å². The molecule has 1 aliphatic carbocycles. The molecular weight excluding hydrogens is 296 g/mol. The quantitative estimate of drug-likeness (QED) is 0.660. The van der Waals surface area contributed by atoms with Gasteiger partial charge in [0.05, 0.1) is 14.2 Å². The van der Waals surface area contributed by atoms with E-state index in [0.717, 1.165) is 11.8 Å². The predicted octanol–water partition coefficient (Wildman–Crippen LogP) is 5.37. The van der Waals surface area contributed by atoms with Gasteiger partial charge in [-0.25, -0.2) is 0 Å². The van der Waals surface area contributed by atoms with Gasteiger partial charge in [0.25, 0.3) is 0 Å². The highest BCUT2D eigenvalue weighted by Crippen LogP contribution is 2.43. The van der Waals surface area contributed by atoms with E-state index in [1.165, 1.54) is 51.0 Å². The zero-order valence-electron chi connectivity index (χ0n) is 15.1. The summed E-state index contributed by atoms with van der Waals surface area (Å²) in [6.07, 6.45) is 10.3. The number of hydrogen-bond acceptors (Lipinski definition) is 1. The molecule has 0 bridgehead atoms. The molecule has 1 heterocycles. The average Bonchev–Trinajstić information content (AvgIpc) is 2.63. The molecule has 0 atom stereocenters. The Morgan fingerprint density at radius 2 is 1.52 bits per heavy atom. The molecule has 0 unspecified atom stereocenters. The standard InChI is InChI=1S/C21H34OSi/c1-3-15-23(21-7-5-4-6-8-21)16-13-19(14-17-23)18-9-11-20(22-2)12-10-18/h4-8,18-20H,3,9-17H2,1-2H3/t18-,19?,20-,23?. The monoisotopic (exact) mass is 330 g/mol. The lowest BCUT2D eigenvalue weighted by atomic mass is 9.76.